The van der Waals surface area contributed by atoms with E-state index < -0.39 is 0 Å². The summed E-state index contributed by atoms with van der Waals surface area (Å²) in [5.41, 5.74) is 4.05. The highest BCUT2D eigenvalue weighted by molar-refractivity contribution is 6.14. The smallest absolute Gasteiger partial charge is 0.132 e. The zero-order valence-corrected chi connectivity index (χ0v) is 16.0. The maximum atomic E-state index is 5.95. The number of hydrogen-bond acceptors (Lipinski definition) is 7. The van der Waals surface area contributed by atoms with E-state index in [0.29, 0.717) is 32.0 Å². The summed E-state index contributed by atoms with van der Waals surface area (Å²) >= 11 is 0. The Hall–Kier alpha value is -2.51. The summed E-state index contributed by atoms with van der Waals surface area (Å²) in [6.07, 6.45) is 4.58. The van der Waals surface area contributed by atoms with Crippen molar-refractivity contribution in [3.05, 3.63) is 47.4 Å². The van der Waals surface area contributed by atoms with Gasteiger partial charge in [0.1, 0.15) is 24.5 Å². The van der Waals surface area contributed by atoms with Crippen LogP contribution in [0.3, 0.4) is 0 Å². The number of aliphatic imine (C=N–C) groups is 1. The number of nitrogens with zero attached hydrogens (tertiary/aromatic N) is 4. The Morgan fingerprint density at radius 2 is 1.96 bits per heavy atom. The molecule has 3 aliphatic heterocycles. The fourth-order valence-electron chi connectivity index (χ4n) is 4.17. The van der Waals surface area contributed by atoms with Gasteiger partial charge in [-0.1, -0.05) is 6.07 Å². The molecule has 2 aromatic rings. The molecule has 3 aliphatic rings. The van der Waals surface area contributed by atoms with Crippen molar-refractivity contribution in [3.8, 4) is 5.75 Å². The Bertz CT molecular complexity index is 889. The van der Waals surface area contributed by atoms with Gasteiger partial charge in [0.2, 0.25) is 0 Å². The summed E-state index contributed by atoms with van der Waals surface area (Å²) in [5, 5.41) is 0. The second-order valence-corrected chi connectivity index (χ2v) is 7.45. The Labute approximate surface area is 164 Å². The lowest BCUT2D eigenvalue weighted by molar-refractivity contribution is 0.0302. The molecule has 4 heterocycles. The zero-order chi connectivity index (χ0) is 18.9. The van der Waals surface area contributed by atoms with Crippen LogP contribution in [0.5, 0.6) is 5.75 Å². The molecule has 2 atom stereocenters. The summed E-state index contributed by atoms with van der Waals surface area (Å²) in [7, 11) is 1.67. The molecule has 2 saturated heterocycles. The van der Waals surface area contributed by atoms with Crippen LogP contribution in [0.4, 0.5) is 5.82 Å². The molecule has 0 saturated carbocycles. The van der Waals surface area contributed by atoms with Gasteiger partial charge in [0, 0.05) is 31.8 Å². The Morgan fingerprint density at radius 3 is 2.79 bits per heavy atom. The van der Waals surface area contributed by atoms with E-state index >= 15 is 0 Å². The SMILES string of the molecule is COCCOc1ccc2c(c1)C(c1cc(N3CC4CCC(C3)O4)ncn1)=NC2. The van der Waals surface area contributed by atoms with Crippen LogP contribution in [-0.2, 0) is 16.0 Å². The first-order valence-electron chi connectivity index (χ1n) is 9.82. The monoisotopic (exact) mass is 380 g/mol. The summed E-state index contributed by atoms with van der Waals surface area (Å²) in [5.74, 6) is 1.78. The normalized spacial score (nSPS) is 22.9. The molecule has 0 radical (unpaired) electrons. The highest BCUT2D eigenvalue weighted by Gasteiger charge is 2.34. The van der Waals surface area contributed by atoms with Crippen molar-refractivity contribution in [1.82, 2.24) is 9.97 Å². The lowest BCUT2D eigenvalue weighted by Crippen LogP contribution is -2.43. The van der Waals surface area contributed by atoms with Gasteiger partial charge in [0.25, 0.3) is 0 Å². The number of ether oxygens (including phenoxy) is 3. The number of aromatic nitrogens is 2. The van der Waals surface area contributed by atoms with Gasteiger partial charge in [0.05, 0.1) is 36.8 Å². The van der Waals surface area contributed by atoms with Crippen LogP contribution in [0.25, 0.3) is 0 Å². The van der Waals surface area contributed by atoms with Crippen molar-refractivity contribution in [2.45, 2.75) is 31.6 Å². The van der Waals surface area contributed by atoms with E-state index in [0.717, 1.165) is 54.5 Å². The van der Waals surface area contributed by atoms with Crippen LogP contribution >= 0.6 is 0 Å². The fraction of sp³-hybridized carbons (Fsp3) is 0.476. The van der Waals surface area contributed by atoms with Crippen molar-refractivity contribution < 1.29 is 14.2 Å². The second-order valence-electron chi connectivity index (χ2n) is 7.45. The van der Waals surface area contributed by atoms with Gasteiger partial charge >= 0.3 is 0 Å². The van der Waals surface area contributed by atoms with Gasteiger partial charge in [-0.05, 0) is 30.5 Å². The summed E-state index contributed by atoms with van der Waals surface area (Å²) in [4.78, 5) is 16.1. The van der Waals surface area contributed by atoms with Gasteiger partial charge in [-0.3, -0.25) is 4.99 Å². The number of anilines is 1. The zero-order valence-electron chi connectivity index (χ0n) is 16.0. The number of morpholine rings is 1. The van der Waals surface area contributed by atoms with Crippen LogP contribution in [-0.4, -0.2) is 61.3 Å². The van der Waals surface area contributed by atoms with Crippen molar-refractivity contribution >= 4 is 11.5 Å². The molecule has 146 valence electrons. The van der Waals surface area contributed by atoms with E-state index in [2.05, 4.69) is 27.0 Å². The lowest BCUT2D eigenvalue weighted by Gasteiger charge is -2.33. The maximum absolute atomic E-state index is 5.95. The average Bonchev–Trinajstić information content (AvgIpc) is 3.30. The molecule has 2 unspecified atom stereocenters. The second kappa shape index (κ2) is 7.48. The Balaban J connectivity index is 1.38. The third-order valence-electron chi connectivity index (χ3n) is 5.56. The minimum Gasteiger partial charge on any atom is -0.491 e. The first-order chi connectivity index (χ1) is 13.8. The Kier molecular flexibility index (Phi) is 4.70. The fourth-order valence-corrected chi connectivity index (χ4v) is 4.17. The standard InChI is InChI=1S/C21H24N4O3/c1-26-6-7-27-15-3-2-14-10-22-21(18(14)8-15)19-9-20(24-13-23-19)25-11-16-4-5-17(12-25)28-16/h2-3,8-9,13,16-17H,4-7,10-12H2,1H3. The molecular formula is C21H24N4O3. The minimum absolute atomic E-state index is 0.327. The predicted octanol–water partition coefficient (Wildman–Crippen LogP) is 2.22. The number of benzene rings is 1. The molecule has 28 heavy (non-hydrogen) atoms. The van der Waals surface area contributed by atoms with E-state index in [4.69, 9.17) is 19.2 Å². The van der Waals surface area contributed by atoms with E-state index in [1.165, 1.54) is 5.56 Å². The average molecular weight is 380 g/mol. The maximum Gasteiger partial charge on any atom is 0.132 e. The van der Waals surface area contributed by atoms with Gasteiger partial charge in [-0.15, -0.1) is 0 Å². The van der Waals surface area contributed by atoms with Gasteiger partial charge in [-0.25, -0.2) is 9.97 Å². The van der Waals surface area contributed by atoms with E-state index in [9.17, 15) is 0 Å². The molecule has 0 spiro atoms. The van der Waals surface area contributed by atoms with Gasteiger partial charge < -0.3 is 19.1 Å². The molecule has 7 nitrogen and oxygen atoms in total. The van der Waals surface area contributed by atoms with E-state index in [1.54, 1.807) is 13.4 Å². The van der Waals surface area contributed by atoms with Crippen LogP contribution in [0.1, 0.15) is 29.7 Å². The third-order valence-corrected chi connectivity index (χ3v) is 5.56. The van der Waals surface area contributed by atoms with Crippen LogP contribution in [0.2, 0.25) is 0 Å². The lowest BCUT2D eigenvalue weighted by atomic mass is 10.0. The number of hydrogen-bond donors (Lipinski definition) is 0. The molecular weight excluding hydrogens is 356 g/mol. The third kappa shape index (κ3) is 3.36. The molecule has 0 N–H and O–H groups in total. The van der Waals surface area contributed by atoms with Crippen molar-refractivity contribution in [2.24, 2.45) is 4.99 Å². The Morgan fingerprint density at radius 1 is 1.11 bits per heavy atom. The minimum atomic E-state index is 0.327. The van der Waals surface area contributed by atoms with Crippen LogP contribution < -0.4 is 9.64 Å². The van der Waals surface area contributed by atoms with Gasteiger partial charge in [-0.2, -0.15) is 0 Å². The summed E-state index contributed by atoms with van der Waals surface area (Å²) in [6.45, 7) is 3.55. The highest BCUT2D eigenvalue weighted by Crippen LogP contribution is 2.30. The number of fused-ring (bicyclic) bond motifs is 3. The van der Waals surface area contributed by atoms with Crippen molar-refractivity contribution in [2.75, 3.05) is 38.3 Å². The first kappa shape index (κ1) is 17.6. The van der Waals surface area contributed by atoms with Crippen molar-refractivity contribution in [1.29, 1.82) is 0 Å². The molecule has 1 aromatic heterocycles. The highest BCUT2D eigenvalue weighted by atomic mass is 16.5. The van der Waals surface area contributed by atoms with Crippen LogP contribution in [0.15, 0.2) is 35.6 Å². The van der Waals surface area contributed by atoms with E-state index in [-0.39, 0.29) is 0 Å². The molecule has 2 fully saturated rings. The largest absolute Gasteiger partial charge is 0.491 e. The van der Waals surface area contributed by atoms with Crippen LogP contribution in [0, 0.1) is 0 Å². The quantitative estimate of drug-likeness (QED) is 0.716. The van der Waals surface area contributed by atoms with E-state index in [1.807, 2.05) is 12.1 Å². The summed E-state index contributed by atoms with van der Waals surface area (Å²) in [6, 6.07) is 8.17. The number of methoxy groups -OCH3 is 1. The molecule has 1 aromatic carbocycles. The predicted molar refractivity (Wildman–Crippen MR) is 105 cm³/mol. The number of rotatable bonds is 6. The van der Waals surface area contributed by atoms with Crippen molar-refractivity contribution in [3.63, 3.8) is 0 Å². The molecule has 2 bridgehead atoms. The van der Waals surface area contributed by atoms with Gasteiger partial charge in [0.15, 0.2) is 0 Å². The first-order valence-corrected chi connectivity index (χ1v) is 9.82. The molecule has 0 aliphatic carbocycles. The molecule has 5 rings (SSSR count). The molecule has 7 heteroatoms. The summed E-state index contributed by atoms with van der Waals surface area (Å²) < 4.78 is 16.8. The molecule has 0 amide bonds. The topological polar surface area (TPSA) is 69.1 Å².